The summed E-state index contributed by atoms with van der Waals surface area (Å²) in [6.07, 6.45) is 2.54. The third-order valence-electron chi connectivity index (χ3n) is 2.88. The summed E-state index contributed by atoms with van der Waals surface area (Å²) in [5, 5.41) is 3.35. The average Bonchev–Trinajstić information content (AvgIpc) is 2.81. The predicted molar refractivity (Wildman–Crippen MR) is 53.3 cm³/mol. The third kappa shape index (κ3) is 2.22. The molecule has 1 aliphatic carbocycles. The molecule has 0 aromatic heterocycles. The number of carbonyl (C=O) groups is 1. The van der Waals surface area contributed by atoms with Crippen molar-refractivity contribution in [1.82, 2.24) is 5.32 Å². The van der Waals surface area contributed by atoms with E-state index in [1.807, 2.05) is 0 Å². The van der Waals surface area contributed by atoms with Crippen LogP contribution in [0, 0.1) is 11.3 Å². The van der Waals surface area contributed by atoms with Crippen LogP contribution < -0.4 is 5.32 Å². The van der Waals surface area contributed by atoms with E-state index in [0.29, 0.717) is 16.7 Å². The molecule has 1 aliphatic rings. The van der Waals surface area contributed by atoms with Crippen LogP contribution in [0.2, 0.25) is 0 Å². The van der Waals surface area contributed by atoms with Crippen LogP contribution in [0.5, 0.6) is 0 Å². The summed E-state index contributed by atoms with van der Waals surface area (Å²) in [6.45, 7) is 5.32. The Bertz CT molecular complexity index is 175. The summed E-state index contributed by atoms with van der Waals surface area (Å²) in [5.41, 5.74) is 0.428. The van der Waals surface area contributed by atoms with Gasteiger partial charge in [0.15, 0.2) is 0 Å². The first-order valence-corrected chi connectivity index (χ1v) is 5.55. The molecule has 0 bridgehead atoms. The number of hydrogen-bond acceptors (Lipinski definition) is 1. The van der Waals surface area contributed by atoms with Gasteiger partial charge < -0.3 is 5.32 Å². The monoisotopic (exact) mass is 233 g/mol. The molecule has 0 aliphatic heterocycles. The average molecular weight is 234 g/mol. The van der Waals surface area contributed by atoms with Crippen molar-refractivity contribution in [2.75, 3.05) is 11.9 Å². The smallest absolute Gasteiger partial charge is 0.230 e. The van der Waals surface area contributed by atoms with Crippen molar-refractivity contribution < 1.29 is 4.79 Å². The molecule has 1 N–H and O–H groups in total. The van der Waals surface area contributed by atoms with Crippen molar-refractivity contribution in [2.45, 2.75) is 26.7 Å². The van der Waals surface area contributed by atoms with Gasteiger partial charge in [-0.1, -0.05) is 29.8 Å². The fraction of sp³-hybridized carbons (Fsp3) is 0.889. The highest BCUT2D eigenvalue weighted by molar-refractivity contribution is 9.09. The largest absolute Gasteiger partial charge is 0.355 e. The minimum absolute atomic E-state index is 0.0990. The van der Waals surface area contributed by atoms with Crippen molar-refractivity contribution >= 4 is 21.8 Å². The Morgan fingerprint density at radius 1 is 1.58 bits per heavy atom. The Morgan fingerprint density at radius 2 is 2.17 bits per heavy atom. The first kappa shape index (κ1) is 10.0. The molecule has 1 fully saturated rings. The van der Waals surface area contributed by atoms with Gasteiger partial charge >= 0.3 is 0 Å². The number of hydrogen-bond donors (Lipinski definition) is 1. The lowest BCUT2D eigenvalue weighted by Gasteiger charge is -2.19. The molecular formula is C9H16BrNO. The molecule has 3 heteroatoms. The predicted octanol–water partition coefficient (Wildman–Crippen LogP) is 1.93. The normalized spacial score (nSPS) is 19.3. The lowest BCUT2D eigenvalue weighted by atomic mass is 9.92. The minimum atomic E-state index is 0.0990. The van der Waals surface area contributed by atoms with Crippen LogP contribution in [0.15, 0.2) is 0 Å². The van der Waals surface area contributed by atoms with E-state index in [1.165, 1.54) is 12.8 Å². The van der Waals surface area contributed by atoms with E-state index in [9.17, 15) is 4.79 Å². The Kier molecular flexibility index (Phi) is 3.16. The van der Waals surface area contributed by atoms with E-state index in [-0.39, 0.29) is 5.91 Å². The zero-order valence-corrected chi connectivity index (χ0v) is 9.28. The van der Waals surface area contributed by atoms with Gasteiger partial charge in [-0.15, -0.1) is 0 Å². The lowest BCUT2D eigenvalue weighted by molar-refractivity contribution is -0.118. The maximum absolute atomic E-state index is 11.0. The topological polar surface area (TPSA) is 29.1 Å². The van der Waals surface area contributed by atoms with E-state index >= 15 is 0 Å². The molecule has 0 atom stereocenters. The van der Waals surface area contributed by atoms with E-state index in [0.717, 1.165) is 6.54 Å². The van der Waals surface area contributed by atoms with Gasteiger partial charge in [-0.25, -0.2) is 0 Å². The molecule has 0 spiro atoms. The molecule has 0 heterocycles. The number of rotatable bonds is 4. The van der Waals surface area contributed by atoms with Gasteiger partial charge in [0.05, 0.1) is 5.33 Å². The zero-order valence-electron chi connectivity index (χ0n) is 7.69. The fourth-order valence-corrected chi connectivity index (χ4v) is 1.64. The van der Waals surface area contributed by atoms with E-state index in [4.69, 9.17) is 0 Å². The second-order valence-corrected chi connectivity index (χ2v) is 4.49. The quantitative estimate of drug-likeness (QED) is 0.740. The molecule has 1 rings (SSSR count). The Morgan fingerprint density at radius 3 is 2.50 bits per heavy atom. The van der Waals surface area contributed by atoms with Gasteiger partial charge in [-0.3, -0.25) is 4.79 Å². The fourth-order valence-electron chi connectivity index (χ4n) is 1.44. The van der Waals surface area contributed by atoms with Crippen LogP contribution in [0.4, 0.5) is 0 Å². The SMILES string of the molecule is CC(C)C1(CNC(=O)CBr)CC1. The second-order valence-electron chi connectivity index (χ2n) is 3.93. The highest BCUT2D eigenvalue weighted by Crippen LogP contribution is 2.51. The highest BCUT2D eigenvalue weighted by Gasteiger charge is 2.45. The highest BCUT2D eigenvalue weighted by atomic mass is 79.9. The standard InChI is InChI=1S/C9H16BrNO/c1-7(2)9(3-4-9)6-11-8(12)5-10/h7H,3-6H2,1-2H3,(H,11,12). The minimum Gasteiger partial charge on any atom is -0.355 e. The van der Waals surface area contributed by atoms with E-state index < -0.39 is 0 Å². The second kappa shape index (κ2) is 3.77. The van der Waals surface area contributed by atoms with E-state index in [2.05, 4.69) is 35.1 Å². The molecule has 1 amide bonds. The molecule has 0 saturated heterocycles. The number of alkyl halides is 1. The van der Waals surface area contributed by atoms with Gasteiger partial charge in [0.25, 0.3) is 0 Å². The summed E-state index contributed by atoms with van der Waals surface area (Å²) in [5.74, 6) is 0.787. The molecule has 2 nitrogen and oxygen atoms in total. The maximum Gasteiger partial charge on any atom is 0.230 e. The number of halogens is 1. The molecule has 0 aromatic rings. The molecule has 70 valence electrons. The summed E-state index contributed by atoms with van der Waals surface area (Å²) >= 11 is 3.13. The Balaban J connectivity index is 2.27. The lowest BCUT2D eigenvalue weighted by Crippen LogP contribution is -2.33. The maximum atomic E-state index is 11.0. The van der Waals surface area contributed by atoms with Crippen molar-refractivity contribution in [3.63, 3.8) is 0 Å². The third-order valence-corrected chi connectivity index (χ3v) is 3.39. The molecule has 0 radical (unpaired) electrons. The van der Waals surface area contributed by atoms with Gasteiger partial charge in [-0.2, -0.15) is 0 Å². The Labute approximate surface area is 82.2 Å². The number of amides is 1. The van der Waals surface area contributed by atoms with Crippen LogP contribution in [-0.4, -0.2) is 17.8 Å². The first-order chi connectivity index (χ1) is 5.60. The van der Waals surface area contributed by atoms with Gasteiger partial charge in [0.1, 0.15) is 0 Å². The van der Waals surface area contributed by atoms with Gasteiger partial charge in [0.2, 0.25) is 5.91 Å². The summed E-state index contributed by atoms with van der Waals surface area (Å²) < 4.78 is 0. The van der Waals surface area contributed by atoms with Gasteiger partial charge in [-0.05, 0) is 24.2 Å². The molecule has 0 unspecified atom stereocenters. The molecule has 0 aromatic carbocycles. The van der Waals surface area contributed by atoms with Crippen molar-refractivity contribution in [3.05, 3.63) is 0 Å². The number of nitrogens with one attached hydrogen (secondary N) is 1. The van der Waals surface area contributed by atoms with Crippen LogP contribution in [0.3, 0.4) is 0 Å². The van der Waals surface area contributed by atoms with Crippen LogP contribution in [0.1, 0.15) is 26.7 Å². The van der Waals surface area contributed by atoms with Crippen LogP contribution in [-0.2, 0) is 4.79 Å². The van der Waals surface area contributed by atoms with Crippen molar-refractivity contribution in [3.8, 4) is 0 Å². The van der Waals surface area contributed by atoms with Gasteiger partial charge in [0, 0.05) is 6.54 Å². The first-order valence-electron chi connectivity index (χ1n) is 4.43. The van der Waals surface area contributed by atoms with Crippen LogP contribution >= 0.6 is 15.9 Å². The van der Waals surface area contributed by atoms with E-state index in [1.54, 1.807) is 0 Å². The van der Waals surface area contributed by atoms with Crippen molar-refractivity contribution in [1.29, 1.82) is 0 Å². The summed E-state index contributed by atoms with van der Waals surface area (Å²) in [4.78, 5) is 11.0. The summed E-state index contributed by atoms with van der Waals surface area (Å²) in [6, 6.07) is 0. The summed E-state index contributed by atoms with van der Waals surface area (Å²) in [7, 11) is 0. The zero-order chi connectivity index (χ0) is 9.19. The molecular weight excluding hydrogens is 218 g/mol. The molecule has 12 heavy (non-hydrogen) atoms. The van der Waals surface area contributed by atoms with Crippen LogP contribution in [0.25, 0.3) is 0 Å². The van der Waals surface area contributed by atoms with Crippen molar-refractivity contribution in [2.24, 2.45) is 11.3 Å². The number of carbonyl (C=O) groups excluding carboxylic acids is 1. The Hall–Kier alpha value is -0.0500. The molecule has 1 saturated carbocycles.